The van der Waals surface area contributed by atoms with Crippen molar-refractivity contribution in [2.24, 2.45) is 5.41 Å². The minimum atomic E-state index is -0.783. The van der Waals surface area contributed by atoms with Crippen LogP contribution in [0.1, 0.15) is 37.3 Å². The van der Waals surface area contributed by atoms with Gasteiger partial charge in [-0.25, -0.2) is 9.78 Å². The SMILES string of the molecule is CC(C)(C(=O)Nc1nccs1)[C@H](c1ccccc1)c1ccc(OC(=O)C2CC=CO2)cc1. The molecule has 1 amide bonds. The monoisotopic (exact) mass is 448 g/mol. The Hall–Kier alpha value is -3.45. The summed E-state index contributed by atoms with van der Waals surface area (Å²) in [6, 6.07) is 17.2. The number of anilines is 1. The van der Waals surface area contributed by atoms with E-state index in [1.165, 1.54) is 17.6 Å². The molecule has 2 heterocycles. The zero-order chi connectivity index (χ0) is 22.6. The van der Waals surface area contributed by atoms with Gasteiger partial charge in [0.25, 0.3) is 0 Å². The van der Waals surface area contributed by atoms with Gasteiger partial charge in [-0.2, -0.15) is 0 Å². The van der Waals surface area contributed by atoms with Gasteiger partial charge in [-0.1, -0.05) is 56.3 Å². The number of carbonyl (C=O) groups is 2. The molecule has 0 saturated heterocycles. The fourth-order valence-electron chi connectivity index (χ4n) is 3.79. The summed E-state index contributed by atoms with van der Waals surface area (Å²) in [6.45, 7) is 3.85. The van der Waals surface area contributed by atoms with Gasteiger partial charge in [-0.15, -0.1) is 11.3 Å². The Bertz CT molecular complexity index is 1080. The highest BCUT2D eigenvalue weighted by Gasteiger charge is 2.39. The van der Waals surface area contributed by atoms with Gasteiger partial charge in [-0.05, 0) is 29.3 Å². The number of nitrogens with zero attached hydrogens (tertiary/aromatic N) is 1. The largest absolute Gasteiger partial charge is 0.486 e. The van der Waals surface area contributed by atoms with Crippen molar-refractivity contribution in [3.05, 3.63) is 89.6 Å². The van der Waals surface area contributed by atoms with Gasteiger partial charge in [0, 0.05) is 23.9 Å². The predicted molar refractivity (Wildman–Crippen MR) is 124 cm³/mol. The van der Waals surface area contributed by atoms with Crippen LogP contribution in [-0.4, -0.2) is 23.0 Å². The van der Waals surface area contributed by atoms with E-state index in [-0.39, 0.29) is 11.8 Å². The lowest BCUT2D eigenvalue weighted by molar-refractivity contribution is -0.143. The van der Waals surface area contributed by atoms with Crippen molar-refractivity contribution in [1.82, 2.24) is 4.98 Å². The van der Waals surface area contributed by atoms with E-state index in [9.17, 15) is 9.59 Å². The second kappa shape index (κ2) is 9.36. The van der Waals surface area contributed by atoms with Gasteiger partial charge < -0.3 is 14.8 Å². The maximum atomic E-state index is 13.2. The minimum Gasteiger partial charge on any atom is -0.486 e. The number of carbonyl (C=O) groups excluding carboxylic acids is 2. The standard InChI is InChI=1S/C25H24N2O4S/c1-25(2,23(29)27-24-26-14-16-32-24)21(17-7-4-3-5-8-17)18-10-12-19(13-11-18)31-22(28)20-9-6-15-30-20/h3-8,10-16,20-21H,9H2,1-2H3,(H,26,27,29)/t20?,21-/m1/s1. The van der Waals surface area contributed by atoms with Crippen LogP contribution in [0, 0.1) is 5.41 Å². The number of amides is 1. The quantitative estimate of drug-likeness (QED) is 0.400. The summed E-state index contributed by atoms with van der Waals surface area (Å²) in [4.78, 5) is 29.6. The molecule has 4 rings (SSSR count). The van der Waals surface area contributed by atoms with E-state index >= 15 is 0 Å². The fraction of sp³-hybridized carbons (Fsp3) is 0.240. The summed E-state index contributed by atoms with van der Waals surface area (Å²) in [5.74, 6) is -0.338. The van der Waals surface area contributed by atoms with Crippen LogP contribution in [0.4, 0.5) is 5.13 Å². The van der Waals surface area contributed by atoms with E-state index in [1.807, 2.05) is 61.7 Å². The molecule has 1 aliphatic rings. The topological polar surface area (TPSA) is 77.5 Å². The summed E-state index contributed by atoms with van der Waals surface area (Å²) in [5, 5.41) is 5.32. The van der Waals surface area contributed by atoms with Crippen molar-refractivity contribution in [2.45, 2.75) is 32.3 Å². The van der Waals surface area contributed by atoms with Crippen molar-refractivity contribution in [3.63, 3.8) is 0 Å². The molecule has 32 heavy (non-hydrogen) atoms. The van der Waals surface area contributed by atoms with E-state index in [2.05, 4.69) is 10.3 Å². The van der Waals surface area contributed by atoms with E-state index in [1.54, 1.807) is 24.4 Å². The van der Waals surface area contributed by atoms with E-state index < -0.39 is 17.5 Å². The van der Waals surface area contributed by atoms with Crippen LogP contribution in [0.15, 0.2) is 78.5 Å². The fourth-order valence-corrected chi connectivity index (χ4v) is 4.32. The number of rotatable bonds is 7. The van der Waals surface area contributed by atoms with Gasteiger partial charge >= 0.3 is 5.97 Å². The highest BCUT2D eigenvalue weighted by atomic mass is 32.1. The number of hydrogen-bond acceptors (Lipinski definition) is 6. The van der Waals surface area contributed by atoms with Crippen LogP contribution in [0.25, 0.3) is 0 Å². The first-order chi connectivity index (χ1) is 15.4. The van der Waals surface area contributed by atoms with Gasteiger partial charge in [-0.3, -0.25) is 4.79 Å². The molecule has 0 saturated carbocycles. The molecule has 1 aromatic heterocycles. The number of ether oxygens (including phenoxy) is 2. The van der Waals surface area contributed by atoms with Gasteiger partial charge in [0.15, 0.2) is 11.2 Å². The van der Waals surface area contributed by atoms with Crippen LogP contribution >= 0.6 is 11.3 Å². The predicted octanol–water partition coefficient (Wildman–Crippen LogP) is 5.15. The number of esters is 1. The number of nitrogens with one attached hydrogen (secondary N) is 1. The van der Waals surface area contributed by atoms with E-state index in [0.29, 0.717) is 17.3 Å². The molecule has 164 valence electrons. The Morgan fingerprint density at radius 1 is 1.12 bits per heavy atom. The maximum absolute atomic E-state index is 13.2. The molecule has 2 atom stereocenters. The molecule has 3 aromatic rings. The summed E-state index contributed by atoms with van der Waals surface area (Å²) in [5.41, 5.74) is 1.17. The summed E-state index contributed by atoms with van der Waals surface area (Å²) >= 11 is 1.38. The highest BCUT2D eigenvalue weighted by Crippen LogP contribution is 2.42. The Kier molecular flexibility index (Phi) is 6.37. The van der Waals surface area contributed by atoms with Crippen LogP contribution in [0.5, 0.6) is 5.75 Å². The van der Waals surface area contributed by atoms with Crippen molar-refractivity contribution in [1.29, 1.82) is 0 Å². The van der Waals surface area contributed by atoms with Gasteiger partial charge in [0.2, 0.25) is 5.91 Å². The lowest BCUT2D eigenvalue weighted by Gasteiger charge is -2.33. The lowest BCUT2D eigenvalue weighted by Crippen LogP contribution is -2.37. The number of benzene rings is 2. The molecule has 0 bridgehead atoms. The molecular weight excluding hydrogens is 424 g/mol. The van der Waals surface area contributed by atoms with Crippen molar-refractivity contribution in [3.8, 4) is 5.75 Å². The smallest absolute Gasteiger partial charge is 0.353 e. The summed E-state index contributed by atoms with van der Waals surface area (Å²) in [7, 11) is 0. The number of thiazole rings is 1. The zero-order valence-electron chi connectivity index (χ0n) is 17.9. The third-order valence-corrected chi connectivity index (χ3v) is 6.17. The van der Waals surface area contributed by atoms with Crippen molar-refractivity contribution < 1.29 is 19.1 Å². The minimum absolute atomic E-state index is 0.123. The van der Waals surface area contributed by atoms with Crippen molar-refractivity contribution in [2.75, 3.05) is 5.32 Å². The molecule has 0 fully saturated rings. The maximum Gasteiger partial charge on any atom is 0.353 e. The Morgan fingerprint density at radius 3 is 2.47 bits per heavy atom. The molecule has 6 nitrogen and oxygen atoms in total. The van der Waals surface area contributed by atoms with E-state index in [4.69, 9.17) is 9.47 Å². The van der Waals surface area contributed by atoms with Gasteiger partial charge in [0.1, 0.15) is 5.75 Å². The molecule has 7 heteroatoms. The normalized spacial score (nSPS) is 16.2. The first-order valence-corrected chi connectivity index (χ1v) is 11.2. The lowest BCUT2D eigenvalue weighted by atomic mass is 9.70. The molecule has 0 spiro atoms. The molecular formula is C25H24N2O4S. The first kappa shape index (κ1) is 21.8. The van der Waals surface area contributed by atoms with E-state index in [0.717, 1.165) is 11.1 Å². The molecule has 2 aromatic carbocycles. The van der Waals surface area contributed by atoms with Crippen molar-refractivity contribution >= 4 is 28.3 Å². The third kappa shape index (κ3) is 4.73. The number of aromatic nitrogens is 1. The van der Waals surface area contributed by atoms with Crippen LogP contribution < -0.4 is 10.1 Å². The molecule has 1 N–H and O–H groups in total. The Morgan fingerprint density at radius 2 is 1.84 bits per heavy atom. The van der Waals surface area contributed by atoms with Gasteiger partial charge in [0.05, 0.1) is 11.7 Å². The zero-order valence-corrected chi connectivity index (χ0v) is 18.7. The molecule has 1 unspecified atom stereocenters. The van der Waals surface area contributed by atoms with Crippen LogP contribution in [-0.2, 0) is 14.3 Å². The average molecular weight is 449 g/mol. The molecule has 0 radical (unpaired) electrons. The second-order valence-electron chi connectivity index (χ2n) is 8.08. The second-order valence-corrected chi connectivity index (χ2v) is 8.97. The van der Waals surface area contributed by atoms with Crippen LogP contribution in [0.2, 0.25) is 0 Å². The molecule has 0 aliphatic carbocycles. The first-order valence-electron chi connectivity index (χ1n) is 10.3. The Balaban J connectivity index is 1.59. The number of hydrogen-bond donors (Lipinski definition) is 1. The Labute approximate surface area is 190 Å². The third-order valence-electron chi connectivity index (χ3n) is 5.48. The highest BCUT2D eigenvalue weighted by molar-refractivity contribution is 7.13. The summed E-state index contributed by atoms with van der Waals surface area (Å²) in [6.07, 6.45) is 4.88. The van der Waals surface area contributed by atoms with Crippen LogP contribution in [0.3, 0.4) is 0 Å². The molecule has 1 aliphatic heterocycles. The average Bonchev–Trinajstić information content (AvgIpc) is 3.50. The summed E-state index contributed by atoms with van der Waals surface area (Å²) < 4.78 is 10.7.